The molecule has 0 spiro atoms. The molecule has 1 aliphatic rings. The second-order valence-corrected chi connectivity index (χ2v) is 5.27. The molecule has 1 saturated heterocycles. The molecule has 1 rings (SSSR count). The summed E-state index contributed by atoms with van der Waals surface area (Å²) in [5.74, 6) is 0. The Balaban J connectivity index is 2.54. The molecule has 0 aromatic carbocycles. The van der Waals surface area contributed by atoms with Crippen LogP contribution in [0.15, 0.2) is 0 Å². The monoisotopic (exact) mass is 243 g/mol. The molecule has 0 amide bonds. The van der Waals surface area contributed by atoms with Gasteiger partial charge in [0.2, 0.25) is 0 Å². The lowest BCUT2D eigenvalue weighted by atomic mass is 9.91. The van der Waals surface area contributed by atoms with Crippen LogP contribution >= 0.6 is 0 Å². The summed E-state index contributed by atoms with van der Waals surface area (Å²) in [5, 5.41) is 0. The zero-order valence-corrected chi connectivity index (χ0v) is 11.9. The lowest BCUT2D eigenvalue weighted by Gasteiger charge is -2.43. The maximum atomic E-state index is 5.97. The number of likely N-dealkylation sites (N-methyl/N-ethyl adjacent to an activating group) is 2. The van der Waals surface area contributed by atoms with Crippen molar-refractivity contribution >= 4 is 0 Å². The molecule has 4 nitrogen and oxygen atoms in total. The minimum atomic E-state index is 0.138. The molecular formula is C13H29N3O. The maximum Gasteiger partial charge on any atom is 0.0829 e. The number of rotatable bonds is 6. The van der Waals surface area contributed by atoms with Crippen LogP contribution in [0, 0.1) is 0 Å². The van der Waals surface area contributed by atoms with Crippen molar-refractivity contribution in [2.75, 3.05) is 46.9 Å². The molecule has 1 atom stereocenters. The molecule has 2 N–H and O–H groups in total. The zero-order chi connectivity index (χ0) is 12.9. The van der Waals surface area contributed by atoms with Gasteiger partial charge in [0, 0.05) is 31.7 Å². The standard InChI is InChI=1S/C13H29N3O/c1-5-13(6-2,11-14)16(4)10-12-9-15(3)7-8-17-12/h12H,5-11,14H2,1-4H3. The van der Waals surface area contributed by atoms with Crippen LogP contribution in [-0.2, 0) is 4.74 Å². The summed E-state index contributed by atoms with van der Waals surface area (Å²) in [5.41, 5.74) is 6.11. The van der Waals surface area contributed by atoms with Crippen molar-refractivity contribution in [2.24, 2.45) is 5.73 Å². The molecule has 0 saturated carbocycles. The SMILES string of the molecule is CCC(CC)(CN)N(C)CC1CN(C)CCO1. The Morgan fingerprint density at radius 1 is 1.41 bits per heavy atom. The van der Waals surface area contributed by atoms with E-state index in [9.17, 15) is 0 Å². The first-order valence-electron chi connectivity index (χ1n) is 6.79. The molecule has 1 fully saturated rings. The molecule has 17 heavy (non-hydrogen) atoms. The van der Waals surface area contributed by atoms with E-state index in [-0.39, 0.29) is 5.54 Å². The van der Waals surface area contributed by atoms with Gasteiger partial charge in [-0.15, -0.1) is 0 Å². The van der Waals surface area contributed by atoms with E-state index in [1.54, 1.807) is 0 Å². The van der Waals surface area contributed by atoms with Crippen molar-refractivity contribution in [3.8, 4) is 0 Å². The normalized spacial score (nSPS) is 23.3. The van der Waals surface area contributed by atoms with Crippen molar-refractivity contribution < 1.29 is 4.74 Å². The van der Waals surface area contributed by atoms with Crippen LogP contribution in [0.4, 0.5) is 0 Å². The van der Waals surface area contributed by atoms with E-state index in [1.165, 1.54) is 0 Å². The predicted octanol–water partition coefficient (Wildman–Crippen LogP) is 0.766. The first-order valence-corrected chi connectivity index (χ1v) is 6.79. The summed E-state index contributed by atoms with van der Waals surface area (Å²) in [6.45, 7) is 9.06. The molecule has 0 aliphatic carbocycles. The summed E-state index contributed by atoms with van der Waals surface area (Å²) < 4.78 is 5.82. The Bertz CT molecular complexity index is 210. The largest absolute Gasteiger partial charge is 0.374 e. The molecular weight excluding hydrogens is 214 g/mol. The maximum absolute atomic E-state index is 5.97. The van der Waals surface area contributed by atoms with E-state index in [0.29, 0.717) is 6.10 Å². The molecule has 0 aromatic rings. The Morgan fingerprint density at radius 2 is 2.06 bits per heavy atom. The second kappa shape index (κ2) is 6.69. The lowest BCUT2D eigenvalue weighted by molar-refractivity contribution is -0.0485. The van der Waals surface area contributed by atoms with Crippen LogP contribution in [0.1, 0.15) is 26.7 Å². The van der Waals surface area contributed by atoms with Crippen molar-refractivity contribution in [3.63, 3.8) is 0 Å². The van der Waals surface area contributed by atoms with Gasteiger partial charge in [0.25, 0.3) is 0 Å². The molecule has 1 aliphatic heterocycles. The zero-order valence-electron chi connectivity index (χ0n) is 11.9. The van der Waals surface area contributed by atoms with Crippen LogP contribution < -0.4 is 5.73 Å². The molecule has 0 bridgehead atoms. The predicted molar refractivity (Wildman–Crippen MR) is 72.2 cm³/mol. The number of hydrogen-bond acceptors (Lipinski definition) is 4. The Kier molecular flexibility index (Phi) is 5.86. The third-order valence-electron chi connectivity index (χ3n) is 4.33. The van der Waals surface area contributed by atoms with Gasteiger partial charge in [0.15, 0.2) is 0 Å². The van der Waals surface area contributed by atoms with Crippen LogP contribution in [0.25, 0.3) is 0 Å². The number of hydrogen-bond donors (Lipinski definition) is 1. The molecule has 102 valence electrons. The third-order valence-corrected chi connectivity index (χ3v) is 4.33. The minimum absolute atomic E-state index is 0.138. The lowest BCUT2D eigenvalue weighted by Crippen LogP contribution is -2.55. The fourth-order valence-electron chi connectivity index (χ4n) is 2.71. The van der Waals surface area contributed by atoms with Gasteiger partial charge in [-0.3, -0.25) is 4.90 Å². The highest BCUT2D eigenvalue weighted by Crippen LogP contribution is 2.22. The summed E-state index contributed by atoms with van der Waals surface area (Å²) in [6, 6.07) is 0. The second-order valence-electron chi connectivity index (χ2n) is 5.27. The number of ether oxygens (including phenoxy) is 1. The summed E-state index contributed by atoms with van der Waals surface area (Å²) in [7, 11) is 4.34. The van der Waals surface area contributed by atoms with Crippen molar-refractivity contribution in [2.45, 2.75) is 38.3 Å². The molecule has 4 heteroatoms. The van der Waals surface area contributed by atoms with E-state index >= 15 is 0 Å². The van der Waals surface area contributed by atoms with Gasteiger partial charge in [0.1, 0.15) is 0 Å². The van der Waals surface area contributed by atoms with E-state index in [1.807, 2.05) is 0 Å². The van der Waals surface area contributed by atoms with Crippen LogP contribution in [0.3, 0.4) is 0 Å². The average molecular weight is 243 g/mol. The van der Waals surface area contributed by atoms with E-state index in [0.717, 1.165) is 45.6 Å². The number of nitrogens with zero attached hydrogens (tertiary/aromatic N) is 2. The van der Waals surface area contributed by atoms with Crippen molar-refractivity contribution in [1.82, 2.24) is 9.80 Å². The summed E-state index contributed by atoms with van der Waals surface area (Å²) in [6.07, 6.45) is 2.51. The quantitative estimate of drug-likeness (QED) is 0.748. The highest BCUT2D eigenvalue weighted by molar-refractivity contribution is 4.89. The Morgan fingerprint density at radius 3 is 2.53 bits per heavy atom. The smallest absolute Gasteiger partial charge is 0.0829 e. The van der Waals surface area contributed by atoms with Gasteiger partial charge >= 0.3 is 0 Å². The van der Waals surface area contributed by atoms with Gasteiger partial charge < -0.3 is 15.4 Å². The average Bonchev–Trinajstić information content (AvgIpc) is 2.32. The van der Waals surface area contributed by atoms with E-state index < -0.39 is 0 Å². The van der Waals surface area contributed by atoms with Crippen molar-refractivity contribution in [1.29, 1.82) is 0 Å². The first-order chi connectivity index (χ1) is 8.07. The topological polar surface area (TPSA) is 41.7 Å². The minimum Gasteiger partial charge on any atom is -0.374 e. The highest BCUT2D eigenvalue weighted by atomic mass is 16.5. The summed E-state index contributed by atoms with van der Waals surface area (Å²) >= 11 is 0. The van der Waals surface area contributed by atoms with Gasteiger partial charge in [-0.1, -0.05) is 13.8 Å². The molecule has 1 heterocycles. The first kappa shape index (κ1) is 14.9. The Hall–Kier alpha value is -0.160. The van der Waals surface area contributed by atoms with Gasteiger partial charge in [-0.25, -0.2) is 0 Å². The van der Waals surface area contributed by atoms with Crippen LogP contribution in [0.2, 0.25) is 0 Å². The fourth-order valence-corrected chi connectivity index (χ4v) is 2.71. The van der Waals surface area contributed by atoms with Crippen LogP contribution in [0.5, 0.6) is 0 Å². The number of nitrogens with two attached hydrogens (primary N) is 1. The van der Waals surface area contributed by atoms with Crippen LogP contribution in [-0.4, -0.2) is 68.3 Å². The Labute approximate surface area is 106 Å². The molecule has 0 aromatic heterocycles. The molecule has 0 radical (unpaired) electrons. The highest BCUT2D eigenvalue weighted by Gasteiger charge is 2.31. The summed E-state index contributed by atoms with van der Waals surface area (Å²) in [4.78, 5) is 4.74. The van der Waals surface area contributed by atoms with Gasteiger partial charge in [-0.05, 0) is 26.9 Å². The van der Waals surface area contributed by atoms with E-state index in [2.05, 4.69) is 37.7 Å². The van der Waals surface area contributed by atoms with E-state index in [4.69, 9.17) is 10.5 Å². The molecule has 1 unspecified atom stereocenters. The fraction of sp³-hybridized carbons (Fsp3) is 1.00. The third kappa shape index (κ3) is 3.65. The van der Waals surface area contributed by atoms with Crippen molar-refractivity contribution in [3.05, 3.63) is 0 Å². The number of morpholine rings is 1. The van der Waals surface area contributed by atoms with Gasteiger partial charge in [0.05, 0.1) is 12.7 Å². The van der Waals surface area contributed by atoms with Gasteiger partial charge in [-0.2, -0.15) is 0 Å².